The maximum atomic E-state index is 11.9. The van der Waals surface area contributed by atoms with E-state index in [-0.39, 0.29) is 74.3 Å². The first-order chi connectivity index (χ1) is 12.7. The van der Waals surface area contributed by atoms with E-state index < -0.39 is 78.9 Å². The number of hydrogen-bond acceptors (Lipinski definition) is 11. The molecule has 0 aliphatic heterocycles. The molecule has 176 valence electrons. The van der Waals surface area contributed by atoms with Gasteiger partial charge in [-0.25, -0.2) is 14.4 Å². The first kappa shape index (κ1) is 40.4. The minimum Gasteiger partial charge on any atom is -1.00 e. The second-order valence-corrected chi connectivity index (χ2v) is 5.34. The fourth-order valence-electron chi connectivity index (χ4n) is 1.98. The average Bonchev–Trinajstić information content (AvgIpc) is 2.42. The Morgan fingerprint density at radius 1 is 0.531 bits per heavy atom. The summed E-state index contributed by atoms with van der Waals surface area (Å²) in [5, 5.41) is 53.2. The SMILES string of the molecule is N.N.O=C(O)CC(CC(=O)O)(OC(=O)OC(CC(=O)O)(CC(=O)O)C(=O)O)C(=O)O.[H-].[H-].[Na+].[Na+]. The molecular formula is C13H22N2Na2O15. The third-order valence-electron chi connectivity index (χ3n) is 3.08. The summed E-state index contributed by atoms with van der Waals surface area (Å²) in [7, 11) is 0. The smallest absolute Gasteiger partial charge is 1.00 e. The molecule has 12 N–H and O–H groups in total. The van der Waals surface area contributed by atoms with Crippen LogP contribution in [0.5, 0.6) is 0 Å². The molecule has 0 saturated heterocycles. The van der Waals surface area contributed by atoms with Crippen LogP contribution in [0.3, 0.4) is 0 Å². The molecule has 32 heavy (non-hydrogen) atoms. The van der Waals surface area contributed by atoms with Gasteiger partial charge >= 0.3 is 101 Å². The number of carboxylic acids is 6. The Hall–Kier alpha value is -1.99. The van der Waals surface area contributed by atoms with Gasteiger partial charge in [-0.05, 0) is 0 Å². The van der Waals surface area contributed by atoms with Crippen LogP contribution in [0.25, 0.3) is 0 Å². The molecule has 0 saturated carbocycles. The molecule has 0 aliphatic rings. The van der Waals surface area contributed by atoms with Crippen molar-refractivity contribution in [1.82, 2.24) is 12.3 Å². The van der Waals surface area contributed by atoms with Crippen LogP contribution in [0.1, 0.15) is 28.5 Å². The number of aliphatic carboxylic acids is 6. The van der Waals surface area contributed by atoms with Crippen molar-refractivity contribution >= 4 is 42.0 Å². The summed E-state index contributed by atoms with van der Waals surface area (Å²) in [6.07, 6.45) is -8.62. The van der Waals surface area contributed by atoms with E-state index in [0.717, 1.165) is 0 Å². The van der Waals surface area contributed by atoms with Gasteiger partial charge in [0, 0.05) is 0 Å². The monoisotopic (exact) mass is 492 g/mol. The summed E-state index contributed by atoms with van der Waals surface area (Å²) < 4.78 is 8.44. The van der Waals surface area contributed by atoms with E-state index in [1.807, 2.05) is 0 Å². The van der Waals surface area contributed by atoms with E-state index >= 15 is 0 Å². The Balaban J connectivity index is -0.000000243. The van der Waals surface area contributed by atoms with Crippen LogP contribution in [0.2, 0.25) is 0 Å². The molecule has 17 nitrogen and oxygen atoms in total. The molecule has 0 aromatic rings. The van der Waals surface area contributed by atoms with Gasteiger partial charge in [-0.3, -0.25) is 19.2 Å². The maximum Gasteiger partial charge on any atom is 1.00 e. The Labute approximate surface area is 225 Å². The maximum absolute atomic E-state index is 11.9. The van der Waals surface area contributed by atoms with Gasteiger partial charge in [0.2, 0.25) is 11.2 Å². The summed E-state index contributed by atoms with van der Waals surface area (Å²) in [6, 6.07) is 0. The van der Waals surface area contributed by atoms with Gasteiger partial charge in [-0.2, -0.15) is 0 Å². The zero-order valence-corrected chi connectivity index (χ0v) is 21.1. The molecular weight excluding hydrogens is 470 g/mol. The molecule has 0 aromatic carbocycles. The molecule has 19 heteroatoms. The molecule has 0 radical (unpaired) electrons. The van der Waals surface area contributed by atoms with Gasteiger partial charge in [0.1, 0.15) is 0 Å². The fourth-order valence-corrected chi connectivity index (χ4v) is 1.98. The molecule has 0 bridgehead atoms. The van der Waals surface area contributed by atoms with Crippen molar-refractivity contribution in [3.8, 4) is 0 Å². The Morgan fingerprint density at radius 2 is 0.719 bits per heavy atom. The Kier molecular flexibility index (Phi) is 21.0. The second-order valence-electron chi connectivity index (χ2n) is 5.34. The molecule has 0 heterocycles. The number of hydrogen-bond donors (Lipinski definition) is 8. The summed E-state index contributed by atoms with van der Waals surface area (Å²) in [5.41, 5.74) is -6.49. The van der Waals surface area contributed by atoms with E-state index in [0.29, 0.717) is 0 Å². The fraction of sp³-hybridized carbons (Fsp3) is 0.462. The molecule has 0 rings (SSSR count). The summed E-state index contributed by atoms with van der Waals surface area (Å²) >= 11 is 0. The third-order valence-corrected chi connectivity index (χ3v) is 3.08. The zero-order chi connectivity index (χ0) is 22.3. The Morgan fingerprint density at radius 3 is 0.844 bits per heavy atom. The van der Waals surface area contributed by atoms with Crippen molar-refractivity contribution in [1.29, 1.82) is 0 Å². The quantitative estimate of drug-likeness (QED) is 0.0926. The van der Waals surface area contributed by atoms with Gasteiger partial charge in [0.15, 0.2) is 0 Å². The first-order valence-electron chi connectivity index (χ1n) is 6.92. The van der Waals surface area contributed by atoms with Crippen molar-refractivity contribution in [3.63, 3.8) is 0 Å². The molecule has 0 atom stereocenters. The topological polar surface area (TPSA) is 329 Å². The van der Waals surface area contributed by atoms with Gasteiger partial charge in [0.05, 0.1) is 25.7 Å². The summed E-state index contributed by atoms with van der Waals surface area (Å²) in [6.45, 7) is 0. The summed E-state index contributed by atoms with van der Waals surface area (Å²) in [4.78, 5) is 77.8. The minimum atomic E-state index is -3.24. The molecule has 0 aliphatic carbocycles. The minimum absolute atomic E-state index is 0. The number of carbonyl (C=O) groups excluding carboxylic acids is 1. The van der Waals surface area contributed by atoms with Gasteiger partial charge < -0.3 is 55.3 Å². The molecule has 0 unspecified atom stereocenters. The van der Waals surface area contributed by atoms with Crippen molar-refractivity contribution in [3.05, 3.63) is 0 Å². The van der Waals surface area contributed by atoms with E-state index in [4.69, 9.17) is 30.6 Å². The number of rotatable bonds is 12. The van der Waals surface area contributed by atoms with Crippen molar-refractivity contribution < 1.29 is 136 Å². The van der Waals surface area contributed by atoms with Crippen LogP contribution in [0, 0.1) is 0 Å². The average molecular weight is 492 g/mol. The van der Waals surface area contributed by atoms with Crippen LogP contribution < -0.4 is 71.4 Å². The van der Waals surface area contributed by atoms with Gasteiger partial charge in [0.25, 0.3) is 0 Å². The first-order valence-corrected chi connectivity index (χ1v) is 6.92. The van der Waals surface area contributed by atoms with Crippen LogP contribution in [-0.2, 0) is 38.2 Å². The van der Waals surface area contributed by atoms with Crippen molar-refractivity contribution in [2.75, 3.05) is 0 Å². The van der Waals surface area contributed by atoms with Crippen molar-refractivity contribution in [2.24, 2.45) is 0 Å². The van der Waals surface area contributed by atoms with Gasteiger partial charge in [-0.1, -0.05) is 0 Å². The predicted molar refractivity (Wildman–Crippen MR) is 89.6 cm³/mol. The largest absolute Gasteiger partial charge is 1.00 e. The number of carboxylic acid groups (broad SMARTS) is 6. The Bertz CT molecular complexity index is 647. The summed E-state index contributed by atoms with van der Waals surface area (Å²) in [5.74, 6) is -12.2. The zero-order valence-electron chi connectivity index (χ0n) is 19.1. The van der Waals surface area contributed by atoms with E-state index in [1.165, 1.54) is 0 Å². The molecule has 0 spiro atoms. The molecule has 0 amide bonds. The third kappa shape index (κ3) is 12.8. The van der Waals surface area contributed by atoms with E-state index in [1.54, 1.807) is 0 Å². The van der Waals surface area contributed by atoms with Gasteiger partial charge in [-0.15, -0.1) is 0 Å². The van der Waals surface area contributed by atoms with Crippen LogP contribution in [0.15, 0.2) is 0 Å². The molecule has 0 aromatic heterocycles. The molecule has 0 fully saturated rings. The predicted octanol–water partition coefficient (Wildman–Crippen LogP) is -6.76. The van der Waals surface area contributed by atoms with Crippen LogP contribution >= 0.6 is 0 Å². The second kappa shape index (κ2) is 16.6. The van der Waals surface area contributed by atoms with Crippen LogP contribution in [0.4, 0.5) is 4.79 Å². The number of ether oxygens (including phenoxy) is 2. The normalized spacial score (nSPS) is 9.75. The number of carbonyl (C=O) groups is 7. The van der Waals surface area contributed by atoms with Crippen LogP contribution in [-0.4, -0.2) is 83.8 Å². The van der Waals surface area contributed by atoms with E-state index in [2.05, 4.69) is 9.47 Å². The van der Waals surface area contributed by atoms with E-state index in [9.17, 15) is 33.6 Å². The van der Waals surface area contributed by atoms with Crippen molar-refractivity contribution in [2.45, 2.75) is 36.9 Å². The standard InChI is InChI=1S/C13H14O15.2H3N.2Na.2H/c14-5(15)1-12(9(22)23,2-6(16)17)27-11(26)28-13(10(24)25,3-7(18)19)4-8(20)21;;;;;;/h1-4H2,(H,14,15)(H,16,17)(H,18,19)(H,20,21)(H,22,23)(H,24,25);2*1H3;;;;/q;;;2*+1;2*-1.